The summed E-state index contributed by atoms with van der Waals surface area (Å²) < 4.78 is 1.20. The van der Waals surface area contributed by atoms with Crippen molar-refractivity contribution < 1.29 is 0 Å². The van der Waals surface area contributed by atoms with Crippen molar-refractivity contribution in [3.63, 3.8) is 0 Å². The second-order valence-electron chi connectivity index (χ2n) is 5.11. The minimum atomic E-state index is 0.0795. The van der Waals surface area contributed by atoms with E-state index in [1.165, 1.54) is 21.1 Å². The van der Waals surface area contributed by atoms with Crippen LogP contribution in [0.3, 0.4) is 0 Å². The molecule has 0 aromatic heterocycles. The summed E-state index contributed by atoms with van der Waals surface area (Å²) in [5, 5.41) is 0.766. The average molecular weight is 384 g/mol. The minimum absolute atomic E-state index is 0.0795. The molecule has 3 rings (SSSR count). The molecule has 3 heteroatoms. The van der Waals surface area contributed by atoms with Crippen LogP contribution in [0.25, 0.3) is 0 Å². The molecule has 2 aromatic carbocycles. The Balaban J connectivity index is 1.80. The lowest BCUT2D eigenvalue weighted by atomic mass is 10.00. The average Bonchev–Trinajstić information content (AvgIpc) is 3.22. The third-order valence-electron chi connectivity index (χ3n) is 3.85. The van der Waals surface area contributed by atoms with Crippen LogP contribution in [0.2, 0.25) is 5.02 Å². The van der Waals surface area contributed by atoms with Gasteiger partial charge in [-0.1, -0.05) is 41.9 Å². The maximum absolute atomic E-state index is 6.43. The fourth-order valence-corrected chi connectivity index (χ4v) is 3.57. The molecule has 98 valence electrons. The van der Waals surface area contributed by atoms with E-state index in [2.05, 4.69) is 52.9 Å². The van der Waals surface area contributed by atoms with Gasteiger partial charge in [0.05, 0.1) is 0 Å². The summed E-state index contributed by atoms with van der Waals surface area (Å²) in [5.74, 6) is 1.14. The summed E-state index contributed by atoms with van der Waals surface area (Å²) in [7, 11) is 0. The van der Waals surface area contributed by atoms with Crippen molar-refractivity contribution in [2.24, 2.45) is 11.7 Å². The van der Waals surface area contributed by atoms with E-state index in [0.29, 0.717) is 11.8 Å². The van der Waals surface area contributed by atoms with Crippen molar-refractivity contribution in [3.05, 3.63) is 68.3 Å². The van der Waals surface area contributed by atoms with Gasteiger partial charge in [-0.15, -0.1) is 0 Å². The highest BCUT2D eigenvalue weighted by atomic mass is 127. The maximum atomic E-state index is 6.43. The van der Waals surface area contributed by atoms with E-state index >= 15 is 0 Å². The van der Waals surface area contributed by atoms with Crippen LogP contribution in [0, 0.1) is 9.49 Å². The second-order valence-corrected chi connectivity index (χ2v) is 6.71. The van der Waals surface area contributed by atoms with Crippen molar-refractivity contribution in [2.75, 3.05) is 0 Å². The molecule has 0 heterocycles. The molecule has 1 aliphatic rings. The van der Waals surface area contributed by atoms with Gasteiger partial charge in [-0.25, -0.2) is 0 Å². The highest BCUT2D eigenvalue weighted by Gasteiger charge is 2.43. The van der Waals surface area contributed by atoms with Crippen LogP contribution in [0.15, 0.2) is 48.5 Å². The smallest absolute Gasteiger partial charge is 0.0410 e. The predicted octanol–water partition coefficient (Wildman–Crippen LogP) is 4.75. The van der Waals surface area contributed by atoms with E-state index < -0.39 is 0 Å². The molecule has 3 unspecified atom stereocenters. The molecule has 1 aliphatic carbocycles. The third-order valence-corrected chi connectivity index (χ3v) is 5.06. The van der Waals surface area contributed by atoms with Crippen molar-refractivity contribution >= 4 is 34.2 Å². The third kappa shape index (κ3) is 2.81. The molecule has 0 aliphatic heterocycles. The summed E-state index contributed by atoms with van der Waals surface area (Å²) in [6.07, 6.45) is 1.17. The molecule has 0 spiro atoms. The zero-order valence-electron chi connectivity index (χ0n) is 10.4. The molecular weight excluding hydrogens is 369 g/mol. The van der Waals surface area contributed by atoms with Gasteiger partial charge in [-0.05, 0) is 70.2 Å². The van der Waals surface area contributed by atoms with Gasteiger partial charge in [0.25, 0.3) is 0 Å². The molecule has 3 atom stereocenters. The van der Waals surface area contributed by atoms with Crippen LogP contribution < -0.4 is 5.73 Å². The normalized spacial score (nSPS) is 23.1. The molecule has 0 amide bonds. The van der Waals surface area contributed by atoms with Gasteiger partial charge >= 0.3 is 0 Å². The largest absolute Gasteiger partial charge is 0.324 e. The Labute approximate surface area is 132 Å². The zero-order valence-corrected chi connectivity index (χ0v) is 13.3. The van der Waals surface area contributed by atoms with E-state index in [1.54, 1.807) is 0 Å². The number of hydrogen-bond acceptors (Lipinski definition) is 1. The quantitative estimate of drug-likeness (QED) is 0.761. The van der Waals surface area contributed by atoms with Crippen molar-refractivity contribution in [2.45, 2.75) is 18.4 Å². The highest BCUT2D eigenvalue weighted by molar-refractivity contribution is 14.1. The second kappa shape index (κ2) is 5.43. The molecule has 2 N–H and O–H groups in total. The van der Waals surface area contributed by atoms with Crippen LogP contribution in [0.4, 0.5) is 0 Å². The summed E-state index contributed by atoms with van der Waals surface area (Å²) in [6, 6.07) is 16.7. The monoisotopic (exact) mass is 383 g/mol. The Morgan fingerprint density at radius 3 is 2.63 bits per heavy atom. The Hall–Kier alpha value is -0.580. The highest BCUT2D eigenvalue weighted by Crippen LogP contribution is 2.53. The number of halogens is 2. The van der Waals surface area contributed by atoms with Crippen molar-refractivity contribution in [3.8, 4) is 0 Å². The maximum Gasteiger partial charge on any atom is 0.0410 e. The molecule has 19 heavy (non-hydrogen) atoms. The molecule has 1 nitrogen and oxygen atoms in total. The molecule has 0 bridgehead atoms. The molecule has 0 saturated heterocycles. The number of nitrogens with two attached hydrogens (primary N) is 1. The topological polar surface area (TPSA) is 26.0 Å². The SMILES string of the molecule is NC(c1cc(Cl)ccc1I)C1CC1c1ccccc1. The first-order chi connectivity index (χ1) is 9.16. The van der Waals surface area contributed by atoms with Gasteiger partial charge in [0.1, 0.15) is 0 Å². The van der Waals surface area contributed by atoms with E-state index in [-0.39, 0.29) is 6.04 Å². The fourth-order valence-electron chi connectivity index (χ4n) is 2.70. The predicted molar refractivity (Wildman–Crippen MR) is 88.4 cm³/mol. The Morgan fingerprint density at radius 2 is 1.89 bits per heavy atom. The molecule has 2 aromatic rings. The van der Waals surface area contributed by atoms with Gasteiger partial charge in [0.2, 0.25) is 0 Å². The molecular formula is C16H15ClIN. The first-order valence-corrected chi connectivity index (χ1v) is 7.88. The van der Waals surface area contributed by atoms with E-state index in [0.717, 1.165) is 5.02 Å². The molecule has 1 saturated carbocycles. The van der Waals surface area contributed by atoms with Crippen molar-refractivity contribution in [1.82, 2.24) is 0 Å². The van der Waals surface area contributed by atoms with E-state index in [1.807, 2.05) is 18.2 Å². The van der Waals surface area contributed by atoms with Gasteiger partial charge < -0.3 is 5.73 Å². The summed E-state index contributed by atoms with van der Waals surface area (Å²) >= 11 is 8.42. The standard InChI is InChI=1S/C16H15ClIN/c17-11-6-7-15(18)14(8-11)16(19)13-9-12(13)10-4-2-1-3-5-10/h1-8,12-13,16H,9,19H2. The Bertz CT molecular complexity index is 585. The van der Waals surface area contributed by atoms with Crippen LogP contribution in [-0.4, -0.2) is 0 Å². The first kappa shape index (κ1) is 13.4. The Kier molecular flexibility index (Phi) is 3.83. The van der Waals surface area contributed by atoms with Gasteiger partial charge in [0.15, 0.2) is 0 Å². The summed E-state index contributed by atoms with van der Waals surface area (Å²) in [6.45, 7) is 0. The van der Waals surface area contributed by atoms with Gasteiger partial charge in [0, 0.05) is 14.6 Å². The fraction of sp³-hybridized carbons (Fsp3) is 0.250. The lowest BCUT2D eigenvalue weighted by Crippen LogP contribution is -2.15. The van der Waals surface area contributed by atoms with Crippen LogP contribution >= 0.6 is 34.2 Å². The van der Waals surface area contributed by atoms with Gasteiger partial charge in [-0.3, -0.25) is 0 Å². The number of hydrogen-bond donors (Lipinski definition) is 1. The molecule has 0 radical (unpaired) electrons. The van der Waals surface area contributed by atoms with Crippen LogP contribution in [0.1, 0.15) is 29.5 Å². The lowest BCUT2D eigenvalue weighted by molar-refractivity contribution is 0.613. The number of benzene rings is 2. The molecule has 1 fully saturated rings. The lowest BCUT2D eigenvalue weighted by Gasteiger charge is -2.14. The zero-order chi connectivity index (χ0) is 13.4. The van der Waals surface area contributed by atoms with Gasteiger partial charge in [-0.2, -0.15) is 0 Å². The van der Waals surface area contributed by atoms with E-state index in [9.17, 15) is 0 Å². The van der Waals surface area contributed by atoms with Crippen LogP contribution in [0.5, 0.6) is 0 Å². The Morgan fingerprint density at radius 1 is 1.16 bits per heavy atom. The minimum Gasteiger partial charge on any atom is -0.324 e. The number of rotatable bonds is 3. The summed E-state index contributed by atoms with van der Waals surface area (Å²) in [5.41, 5.74) is 9.01. The first-order valence-electron chi connectivity index (χ1n) is 6.42. The van der Waals surface area contributed by atoms with Crippen LogP contribution in [-0.2, 0) is 0 Å². The summed E-state index contributed by atoms with van der Waals surface area (Å²) in [4.78, 5) is 0. The van der Waals surface area contributed by atoms with E-state index in [4.69, 9.17) is 17.3 Å². The van der Waals surface area contributed by atoms with Crippen molar-refractivity contribution in [1.29, 1.82) is 0 Å².